The molecule has 4 aromatic rings. The molecule has 0 spiro atoms. The Balaban J connectivity index is 0.000000188. The van der Waals surface area contributed by atoms with Gasteiger partial charge in [-0.3, -0.25) is 19.3 Å². The fourth-order valence-corrected chi connectivity index (χ4v) is 4.75. The van der Waals surface area contributed by atoms with Gasteiger partial charge in [0.25, 0.3) is 0 Å². The van der Waals surface area contributed by atoms with E-state index in [4.69, 9.17) is 16.6 Å². The molecule has 1 atom stereocenters. The highest BCUT2D eigenvalue weighted by atomic mass is 35.5. The number of ketones is 1. The zero-order valence-corrected chi connectivity index (χ0v) is 22.5. The lowest BCUT2D eigenvalue weighted by Crippen LogP contribution is -2.38. The number of aliphatic imine (C=N–C) groups is 1. The number of nitrogens with zero attached hydrogens (tertiary/aromatic N) is 5. The largest absolute Gasteiger partial charge is 0.294 e. The fraction of sp³-hybridized carbons (Fsp3) is 0.267. The number of rotatable bonds is 6. The summed E-state index contributed by atoms with van der Waals surface area (Å²) >= 11 is 6.23. The molecule has 1 aliphatic heterocycles. The molecular formula is C30H32ClN5O. The van der Waals surface area contributed by atoms with Crippen molar-refractivity contribution >= 4 is 23.1 Å². The van der Waals surface area contributed by atoms with Gasteiger partial charge in [-0.05, 0) is 45.1 Å². The SMILES string of the molecule is CCN(CC)C(C)C(=O)c1ccccc1.Cc1nnc2n1-c1ccc(Cl)cc1C(c1ccccc1)=NC2. The second kappa shape index (κ2) is 12.1. The molecule has 5 rings (SSSR count). The number of carbonyl (C=O) groups excluding carboxylic acids is 1. The summed E-state index contributed by atoms with van der Waals surface area (Å²) < 4.78 is 2.05. The summed E-state index contributed by atoms with van der Waals surface area (Å²) in [6.07, 6.45) is 0. The number of fused-ring (bicyclic) bond motifs is 3. The van der Waals surface area contributed by atoms with Gasteiger partial charge in [-0.2, -0.15) is 0 Å². The van der Waals surface area contributed by atoms with Crippen LogP contribution in [0.2, 0.25) is 5.02 Å². The third kappa shape index (κ3) is 5.87. The molecule has 6 nitrogen and oxygen atoms in total. The number of benzene rings is 3. The molecule has 3 aromatic carbocycles. The van der Waals surface area contributed by atoms with E-state index in [1.807, 2.05) is 85.1 Å². The Morgan fingerprint density at radius 3 is 2.27 bits per heavy atom. The zero-order valence-electron chi connectivity index (χ0n) is 21.7. The lowest BCUT2D eigenvalue weighted by molar-refractivity contribution is 0.0851. The number of likely N-dealkylation sites (N-methyl/N-ethyl adjacent to an activating group) is 1. The third-order valence-electron chi connectivity index (χ3n) is 6.57. The molecule has 0 saturated heterocycles. The van der Waals surface area contributed by atoms with Crippen LogP contribution in [0.15, 0.2) is 83.9 Å². The maximum Gasteiger partial charge on any atom is 0.179 e. The highest BCUT2D eigenvalue weighted by Crippen LogP contribution is 2.28. The molecule has 37 heavy (non-hydrogen) atoms. The normalized spacial score (nSPS) is 13.0. The van der Waals surface area contributed by atoms with Crippen molar-refractivity contribution in [3.8, 4) is 5.69 Å². The van der Waals surface area contributed by atoms with Crippen molar-refractivity contribution < 1.29 is 4.79 Å². The quantitative estimate of drug-likeness (QED) is 0.289. The van der Waals surface area contributed by atoms with Crippen LogP contribution in [0.25, 0.3) is 5.69 Å². The van der Waals surface area contributed by atoms with Crippen LogP contribution in [-0.4, -0.2) is 50.3 Å². The van der Waals surface area contributed by atoms with Crippen LogP contribution in [0.5, 0.6) is 0 Å². The van der Waals surface area contributed by atoms with Crippen LogP contribution in [0.1, 0.15) is 53.9 Å². The summed E-state index contributed by atoms with van der Waals surface area (Å²) in [5.74, 6) is 1.90. The summed E-state index contributed by atoms with van der Waals surface area (Å²) in [7, 11) is 0. The number of aromatic nitrogens is 3. The average Bonchev–Trinajstić information content (AvgIpc) is 3.21. The summed E-state index contributed by atoms with van der Waals surface area (Å²) in [6.45, 7) is 10.4. The number of Topliss-reactive ketones (excluding diaryl/α,β-unsaturated/α-hetero) is 1. The first-order valence-corrected chi connectivity index (χ1v) is 13.0. The van der Waals surface area contributed by atoms with Crippen molar-refractivity contribution in [1.29, 1.82) is 0 Å². The van der Waals surface area contributed by atoms with E-state index >= 15 is 0 Å². The minimum absolute atomic E-state index is 0.0256. The lowest BCUT2D eigenvalue weighted by atomic mass is 10.0. The Morgan fingerprint density at radius 2 is 1.62 bits per heavy atom. The van der Waals surface area contributed by atoms with Crippen LogP contribution in [0.4, 0.5) is 0 Å². The van der Waals surface area contributed by atoms with E-state index in [0.717, 1.165) is 52.8 Å². The molecule has 1 unspecified atom stereocenters. The second-order valence-corrected chi connectivity index (χ2v) is 9.26. The van der Waals surface area contributed by atoms with Crippen LogP contribution in [0.3, 0.4) is 0 Å². The summed E-state index contributed by atoms with van der Waals surface area (Å²) in [5.41, 5.74) is 4.82. The maximum atomic E-state index is 12.1. The molecule has 1 aromatic heterocycles. The van der Waals surface area contributed by atoms with E-state index in [9.17, 15) is 4.79 Å². The van der Waals surface area contributed by atoms with Crippen LogP contribution in [0, 0.1) is 6.92 Å². The first-order chi connectivity index (χ1) is 17.9. The Hall–Kier alpha value is -3.61. The average molecular weight is 514 g/mol. The first-order valence-electron chi connectivity index (χ1n) is 12.6. The van der Waals surface area contributed by atoms with Gasteiger partial charge in [-0.15, -0.1) is 10.2 Å². The molecule has 0 aliphatic carbocycles. The molecule has 190 valence electrons. The standard InChI is InChI=1S/C17H13ClN4.C13H19NO/c1-11-20-21-16-10-19-17(12-5-3-2-4-6-12)14-9-13(18)7-8-15(14)22(11)16;1-4-14(5-2)11(3)13(15)12-9-7-6-8-10-12/h2-9H,10H2,1H3;6-11H,4-5H2,1-3H3. The van der Waals surface area contributed by atoms with Crippen molar-refractivity contribution in [3.63, 3.8) is 0 Å². The van der Waals surface area contributed by atoms with E-state index in [-0.39, 0.29) is 11.8 Å². The molecule has 0 N–H and O–H groups in total. The van der Waals surface area contributed by atoms with Gasteiger partial charge in [0.05, 0.1) is 17.4 Å². The van der Waals surface area contributed by atoms with Gasteiger partial charge >= 0.3 is 0 Å². The molecule has 2 heterocycles. The van der Waals surface area contributed by atoms with E-state index < -0.39 is 0 Å². The number of hydrogen-bond acceptors (Lipinski definition) is 5. The zero-order chi connectivity index (χ0) is 26.4. The van der Waals surface area contributed by atoms with Crippen LogP contribution < -0.4 is 0 Å². The minimum Gasteiger partial charge on any atom is -0.294 e. The number of halogens is 1. The van der Waals surface area contributed by atoms with Crippen LogP contribution in [-0.2, 0) is 6.54 Å². The van der Waals surface area contributed by atoms with Crippen molar-refractivity contribution in [2.24, 2.45) is 4.99 Å². The van der Waals surface area contributed by atoms with Gasteiger partial charge in [-0.25, -0.2) is 0 Å². The molecule has 0 saturated carbocycles. The minimum atomic E-state index is -0.0256. The summed E-state index contributed by atoms with van der Waals surface area (Å²) in [5, 5.41) is 9.10. The maximum absolute atomic E-state index is 12.1. The van der Waals surface area contributed by atoms with Gasteiger partial charge in [0.2, 0.25) is 0 Å². The fourth-order valence-electron chi connectivity index (χ4n) is 4.57. The molecule has 1 aliphatic rings. The molecule has 0 bridgehead atoms. The van der Waals surface area contributed by atoms with Crippen molar-refractivity contribution in [2.45, 2.75) is 40.3 Å². The Morgan fingerprint density at radius 1 is 0.973 bits per heavy atom. The highest BCUT2D eigenvalue weighted by Gasteiger charge is 2.22. The Kier molecular flexibility index (Phi) is 8.64. The van der Waals surface area contributed by atoms with Crippen molar-refractivity contribution in [2.75, 3.05) is 13.1 Å². The van der Waals surface area contributed by atoms with E-state index in [1.165, 1.54) is 0 Å². The number of hydrogen-bond donors (Lipinski definition) is 0. The Labute approximate surface area is 223 Å². The van der Waals surface area contributed by atoms with Crippen LogP contribution >= 0.6 is 11.6 Å². The molecule has 0 radical (unpaired) electrons. The van der Waals surface area contributed by atoms with Crippen molar-refractivity contribution in [3.05, 3.63) is 112 Å². The third-order valence-corrected chi connectivity index (χ3v) is 6.81. The second-order valence-electron chi connectivity index (χ2n) is 8.82. The smallest absolute Gasteiger partial charge is 0.179 e. The van der Waals surface area contributed by atoms with E-state index in [0.29, 0.717) is 11.6 Å². The van der Waals surface area contributed by atoms with Gasteiger partial charge in [0.1, 0.15) is 12.4 Å². The molecule has 0 amide bonds. The Bertz CT molecular complexity index is 1380. The molecule has 0 fully saturated rings. The molecular weight excluding hydrogens is 482 g/mol. The van der Waals surface area contributed by atoms with Crippen molar-refractivity contribution in [1.82, 2.24) is 19.7 Å². The lowest BCUT2D eigenvalue weighted by Gasteiger charge is -2.25. The van der Waals surface area contributed by atoms with E-state index in [1.54, 1.807) is 0 Å². The van der Waals surface area contributed by atoms with Gasteiger partial charge in [0, 0.05) is 21.7 Å². The van der Waals surface area contributed by atoms with E-state index in [2.05, 4.69) is 41.1 Å². The number of aryl methyl sites for hydroxylation is 1. The number of carbonyl (C=O) groups is 1. The summed E-state index contributed by atoms with van der Waals surface area (Å²) in [6, 6.07) is 25.5. The van der Waals surface area contributed by atoms with Gasteiger partial charge in [-0.1, -0.05) is 86.1 Å². The predicted octanol–water partition coefficient (Wildman–Crippen LogP) is 6.18. The molecule has 7 heteroatoms. The topological polar surface area (TPSA) is 63.4 Å². The van der Waals surface area contributed by atoms with Gasteiger partial charge < -0.3 is 0 Å². The highest BCUT2D eigenvalue weighted by molar-refractivity contribution is 6.31. The monoisotopic (exact) mass is 513 g/mol. The predicted molar refractivity (Wildman–Crippen MR) is 150 cm³/mol. The summed E-state index contributed by atoms with van der Waals surface area (Å²) in [4.78, 5) is 19.0. The van der Waals surface area contributed by atoms with Gasteiger partial charge in [0.15, 0.2) is 11.6 Å². The first kappa shape index (κ1) is 26.5.